The minimum absolute atomic E-state index is 0.0352. The van der Waals surface area contributed by atoms with Gasteiger partial charge in [0.2, 0.25) is 0 Å². The summed E-state index contributed by atoms with van der Waals surface area (Å²) in [4.78, 5) is 0. The highest BCUT2D eigenvalue weighted by Gasteiger charge is 2.23. The lowest BCUT2D eigenvalue weighted by molar-refractivity contribution is 0.165. The van der Waals surface area contributed by atoms with Crippen molar-refractivity contribution in [3.63, 3.8) is 0 Å². The van der Waals surface area contributed by atoms with Gasteiger partial charge in [-0.05, 0) is 68.1 Å². The molecule has 0 radical (unpaired) electrons. The first kappa shape index (κ1) is 20.6. The van der Waals surface area contributed by atoms with E-state index in [0.29, 0.717) is 12.8 Å². The van der Waals surface area contributed by atoms with Crippen molar-refractivity contribution in [2.45, 2.75) is 56.9 Å². The SMILES string of the molecule is NC(CO)(CCCO)CCc1ccc(CCCCc2ccccc2)cc1. The quantitative estimate of drug-likeness (QED) is 0.509. The molecule has 0 heterocycles. The Bertz CT molecular complexity index is 612. The minimum atomic E-state index is -0.584. The van der Waals surface area contributed by atoms with E-state index in [1.54, 1.807) is 0 Å². The Hall–Kier alpha value is -1.68. The molecule has 1 atom stereocenters. The Kier molecular flexibility index (Phi) is 8.82. The van der Waals surface area contributed by atoms with Crippen LogP contribution in [0, 0.1) is 0 Å². The summed E-state index contributed by atoms with van der Waals surface area (Å²) >= 11 is 0. The monoisotopic (exact) mass is 355 g/mol. The van der Waals surface area contributed by atoms with Gasteiger partial charge in [-0.15, -0.1) is 0 Å². The summed E-state index contributed by atoms with van der Waals surface area (Å²) in [5.41, 5.74) is 9.69. The first-order valence-electron chi connectivity index (χ1n) is 9.77. The number of unbranched alkanes of at least 4 members (excludes halogenated alkanes) is 1. The molecule has 2 aromatic rings. The molecule has 0 fully saturated rings. The van der Waals surface area contributed by atoms with Crippen molar-refractivity contribution in [3.8, 4) is 0 Å². The van der Waals surface area contributed by atoms with Crippen LogP contribution in [-0.2, 0) is 19.3 Å². The van der Waals surface area contributed by atoms with Crippen molar-refractivity contribution in [1.29, 1.82) is 0 Å². The summed E-state index contributed by atoms with van der Waals surface area (Å²) in [5, 5.41) is 18.5. The third-order valence-electron chi connectivity index (χ3n) is 5.11. The number of aryl methyl sites for hydroxylation is 3. The molecule has 0 aliphatic carbocycles. The van der Waals surface area contributed by atoms with Crippen LogP contribution < -0.4 is 5.73 Å². The summed E-state index contributed by atoms with van der Waals surface area (Å²) in [5.74, 6) is 0. The molecule has 3 heteroatoms. The van der Waals surface area contributed by atoms with Gasteiger partial charge < -0.3 is 15.9 Å². The predicted molar refractivity (Wildman–Crippen MR) is 108 cm³/mol. The number of benzene rings is 2. The molecule has 0 aliphatic heterocycles. The van der Waals surface area contributed by atoms with Gasteiger partial charge in [0.1, 0.15) is 0 Å². The maximum atomic E-state index is 9.53. The van der Waals surface area contributed by atoms with Gasteiger partial charge in [-0.2, -0.15) is 0 Å². The molecule has 0 bridgehead atoms. The van der Waals surface area contributed by atoms with E-state index in [1.807, 2.05) is 0 Å². The zero-order valence-electron chi connectivity index (χ0n) is 15.7. The maximum absolute atomic E-state index is 9.53. The third-order valence-corrected chi connectivity index (χ3v) is 5.11. The van der Waals surface area contributed by atoms with E-state index in [1.165, 1.54) is 29.5 Å². The van der Waals surface area contributed by atoms with E-state index in [2.05, 4.69) is 54.6 Å². The lowest BCUT2D eigenvalue weighted by atomic mass is 9.88. The molecule has 142 valence electrons. The molecule has 3 nitrogen and oxygen atoms in total. The van der Waals surface area contributed by atoms with Crippen LogP contribution in [-0.4, -0.2) is 29.0 Å². The molecular formula is C23H33NO2. The molecule has 4 N–H and O–H groups in total. The topological polar surface area (TPSA) is 66.5 Å². The van der Waals surface area contributed by atoms with Crippen LogP contribution in [0.3, 0.4) is 0 Å². The van der Waals surface area contributed by atoms with Crippen LogP contribution in [0.1, 0.15) is 48.8 Å². The smallest absolute Gasteiger partial charge is 0.0611 e. The second-order valence-electron chi connectivity index (χ2n) is 7.36. The fourth-order valence-corrected chi connectivity index (χ4v) is 3.28. The van der Waals surface area contributed by atoms with E-state index in [-0.39, 0.29) is 13.2 Å². The van der Waals surface area contributed by atoms with E-state index < -0.39 is 5.54 Å². The zero-order chi connectivity index (χ0) is 18.7. The average molecular weight is 356 g/mol. The fraction of sp³-hybridized carbons (Fsp3) is 0.478. The Morgan fingerprint density at radius 3 is 1.73 bits per heavy atom. The molecule has 0 aromatic heterocycles. The summed E-state index contributed by atoms with van der Waals surface area (Å²) < 4.78 is 0. The second-order valence-corrected chi connectivity index (χ2v) is 7.36. The maximum Gasteiger partial charge on any atom is 0.0611 e. The lowest BCUT2D eigenvalue weighted by Gasteiger charge is -2.27. The number of aliphatic hydroxyl groups excluding tert-OH is 2. The van der Waals surface area contributed by atoms with Gasteiger partial charge in [-0.1, -0.05) is 54.6 Å². The van der Waals surface area contributed by atoms with Gasteiger partial charge in [0.15, 0.2) is 0 Å². The predicted octanol–water partition coefficient (Wildman–Crippen LogP) is 3.65. The third kappa shape index (κ3) is 7.28. The highest BCUT2D eigenvalue weighted by atomic mass is 16.3. The van der Waals surface area contributed by atoms with Gasteiger partial charge in [-0.25, -0.2) is 0 Å². The first-order chi connectivity index (χ1) is 12.6. The largest absolute Gasteiger partial charge is 0.396 e. The molecule has 0 spiro atoms. The standard InChI is InChI=1S/C23H33NO2/c24-23(19-26,16-6-18-25)17-15-22-13-11-21(12-14-22)10-5-4-9-20-7-2-1-3-8-20/h1-3,7-8,11-14,25-26H,4-6,9-10,15-19,24H2. The zero-order valence-corrected chi connectivity index (χ0v) is 15.7. The minimum Gasteiger partial charge on any atom is -0.396 e. The van der Waals surface area contributed by atoms with Crippen LogP contribution in [0.5, 0.6) is 0 Å². The molecule has 0 amide bonds. The van der Waals surface area contributed by atoms with E-state index in [9.17, 15) is 5.11 Å². The van der Waals surface area contributed by atoms with Crippen molar-refractivity contribution in [1.82, 2.24) is 0 Å². The number of rotatable bonds is 12. The van der Waals surface area contributed by atoms with Crippen LogP contribution in [0.25, 0.3) is 0 Å². The van der Waals surface area contributed by atoms with Gasteiger partial charge in [-0.3, -0.25) is 0 Å². The Balaban J connectivity index is 1.72. The molecule has 26 heavy (non-hydrogen) atoms. The van der Waals surface area contributed by atoms with E-state index >= 15 is 0 Å². The summed E-state index contributed by atoms with van der Waals surface area (Å²) in [7, 11) is 0. The van der Waals surface area contributed by atoms with Gasteiger partial charge in [0, 0.05) is 12.1 Å². The summed E-state index contributed by atoms with van der Waals surface area (Å²) in [6, 6.07) is 19.4. The molecular weight excluding hydrogens is 322 g/mol. The van der Waals surface area contributed by atoms with Gasteiger partial charge in [0.25, 0.3) is 0 Å². The van der Waals surface area contributed by atoms with Crippen molar-refractivity contribution >= 4 is 0 Å². The number of nitrogens with two attached hydrogens (primary N) is 1. The van der Waals surface area contributed by atoms with Crippen LogP contribution in [0.2, 0.25) is 0 Å². The van der Waals surface area contributed by atoms with Gasteiger partial charge >= 0.3 is 0 Å². The van der Waals surface area contributed by atoms with Crippen molar-refractivity contribution in [2.75, 3.05) is 13.2 Å². The molecule has 0 saturated heterocycles. The lowest BCUT2D eigenvalue weighted by Crippen LogP contribution is -2.44. The highest BCUT2D eigenvalue weighted by Crippen LogP contribution is 2.18. The average Bonchev–Trinajstić information content (AvgIpc) is 2.70. The fourth-order valence-electron chi connectivity index (χ4n) is 3.28. The van der Waals surface area contributed by atoms with Crippen LogP contribution >= 0.6 is 0 Å². The summed E-state index contributed by atoms with van der Waals surface area (Å²) in [6.45, 7) is 0.0877. The van der Waals surface area contributed by atoms with Crippen LogP contribution in [0.4, 0.5) is 0 Å². The number of aliphatic hydroxyl groups is 2. The molecule has 0 saturated carbocycles. The van der Waals surface area contributed by atoms with Crippen molar-refractivity contribution in [3.05, 3.63) is 71.3 Å². The molecule has 1 unspecified atom stereocenters. The number of hydrogen-bond acceptors (Lipinski definition) is 3. The van der Waals surface area contributed by atoms with Crippen LogP contribution in [0.15, 0.2) is 54.6 Å². The summed E-state index contributed by atoms with van der Waals surface area (Å²) in [6.07, 6.45) is 7.55. The Labute approximate surface area is 157 Å². The number of hydrogen-bond donors (Lipinski definition) is 3. The first-order valence-corrected chi connectivity index (χ1v) is 9.77. The molecule has 0 aliphatic rings. The highest BCUT2D eigenvalue weighted by molar-refractivity contribution is 5.23. The van der Waals surface area contributed by atoms with E-state index in [4.69, 9.17) is 10.8 Å². The van der Waals surface area contributed by atoms with Gasteiger partial charge in [0.05, 0.1) is 6.61 Å². The Morgan fingerprint density at radius 1 is 0.654 bits per heavy atom. The second kappa shape index (κ2) is 11.1. The van der Waals surface area contributed by atoms with E-state index in [0.717, 1.165) is 25.7 Å². The van der Waals surface area contributed by atoms with Crippen molar-refractivity contribution in [2.24, 2.45) is 5.73 Å². The van der Waals surface area contributed by atoms with Crippen molar-refractivity contribution < 1.29 is 10.2 Å². The molecule has 2 aromatic carbocycles. The normalized spacial score (nSPS) is 13.5. The molecule has 2 rings (SSSR count). The Morgan fingerprint density at radius 2 is 1.19 bits per heavy atom.